The van der Waals surface area contributed by atoms with Crippen molar-refractivity contribution in [2.75, 3.05) is 25.6 Å². The van der Waals surface area contributed by atoms with E-state index in [1.807, 2.05) is 32.0 Å². The molecule has 0 aliphatic carbocycles. The number of aromatic nitrogens is 1. The van der Waals surface area contributed by atoms with E-state index in [0.29, 0.717) is 31.5 Å². The second-order valence-electron chi connectivity index (χ2n) is 6.08. The molecular weight excluding hydrogens is 332 g/mol. The van der Waals surface area contributed by atoms with Gasteiger partial charge in [-0.2, -0.15) is 0 Å². The van der Waals surface area contributed by atoms with Gasteiger partial charge in [-0.05, 0) is 26.0 Å². The minimum Gasteiger partial charge on any atom is -0.496 e. The molecule has 0 amide bonds. The van der Waals surface area contributed by atoms with Gasteiger partial charge in [-0.25, -0.2) is 4.99 Å². The number of nitrogens with one attached hydrogen (secondary N) is 1. The number of methoxy groups -OCH3 is 1. The molecule has 0 saturated heterocycles. The van der Waals surface area contributed by atoms with Crippen LogP contribution in [-0.2, 0) is 6.54 Å². The normalized spacial score (nSPS) is 13.9. The van der Waals surface area contributed by atoms with Crippen LogP contribution in [0.15, 0.2) is 29.4 Å². The minimum absolute atomic E-state index is 0.306. The van der Waals surface area contributed by atoms with Gasteiger partial charge < -0.3 is 25.3 Å². The third-order valence-corrected chi connectivity index (χ3v) is 4.17. The van der Waals surface area contributed by atoms with E-state index in [9.17, 15) is 0 Å². The quantitative estimate of drug-likeness (QED) is 0.647. The van der Waals surface area contributed by atoms with Gasteiger partial charge in [0.05, 0.1) is 32.6 Å². The number of anilines is 1. The zero-order valence-corrected chi connectivity index (χ0v) is 15.3. The summed E-state index contributed by atoms with van der Waals surface area (Å²) in [4.78, 5) is 8.81. The maximum atomic E-state index is 6.02. The molecule has 2 aromatic rings. The number of aliphatic imine (C=N–C) groups is 1. The van der Waals surface area contributed by atoms with Crippen molar-refractivity contribution in [3.8, 4) is 17.2 Å². The Morgan fingerprint density at radius 1 is 1.27 bits per heavy atom. The van der Waals surface area contributed by atoms with Crippen LogP contribution in [0.1, 0.15) is 23.2 Å². The van der Waals surface area contributed by atoms with Crippen molar-refractivity contribution in [1.29, 1.82) is 0 Å². The molecule has 0 atom stereocenters. The Morgan fingerprint density at radius 3 is 2.81 bits per heavy atom. The van der Waals surface area contributed by atoms with Crippen LogP contribution in [0, 0.1) is 13.8 Å². The lowest BCUT2D eigenvalue weighted by Gasteiger charge is -2.12. The van der Waals surface area contributed by atoms with Gasteiger partial charge in [-0.3, -0.25) is 4.98 Å². The number of hydrogen-bond donors (Lipinski definition) is 2. The van der Waals surface area contributed by atoms with Gasteiger partial charge in [-0.15, -0.1) is 0 Å². The van der Waals surface area contributed by atoms with E-state index in [4.69, 9.17) is 19.9 Å². The van der Waals surface area contributed by atoms with E-state index in [0.717, 1.165) is 40.4 Å². The first-order valence-electron chi connectivity index (χ1n) is 8.54. The van der Waals surface area contributed by atoms with E-state index in [-0.39, 0.29) is 0 Å². The smallest absolute Gasteiger partial charge is 0.193 e. The van der Waals surface area contributed by atoms with Crippen LogP contribution in [0.25, 0.3) is 0 Å². The highest BCUT2D eigenvalue weighted by Gasteiger charge is 2.11. The van der Waals surface area contributed by atoms with Crippen LogP contribution in [0.2, 0.25) is 0 Å². The second kappa shape index (κ2) is 7.95. The van der Waals surface area contributed by atoms with Gasteiger partial charge in [0, 0.05) is 35.5 Å². The molecule has 1 aromatic heterocycles. The third kappa shape index (κ3) is 3.99. The summed E-state index contributed by atoms with van der Waals surface area (Å²) in [7, 11) is 1.66. The number of nitrogens with zero attached hydrogens (tertiary/aromatic N) is 2. The molecule has 0 unspecified atom stereocenters. The number of ether oxygens (including phenoxy) is 3. The van der Waals surface area contributed by atoms with Gasteiger partial charge in [0.2, 0.25) is 0 Å². The number of fused-ring (bicyclic) bond motifs is 1. The predicted octanol–water partition coefficient (Wildman–Crippen LogP) is 2.80. The van der Waals surface area contributed by atoms with Crippen LogP contribution in [0.5, 0.6) is 17.2 Å². The number of nitrogens with two attached hydrogens (primary N) is 1. The standard InChI is InChI=1S/C19H24N4O3/c1-12-10-21-15(13(2)18(12)24-3)11-22-19(20)23-14-5-6-16-17(9-14)26-8-4-7-25-16/h5-6,9-10H,4,7-8,11H2,1-3H3,(H3,20,22,23). The molecule has 0 radical (unpaired) electrons. The van der Waals surface area contributed by atoms with Crippen molar-refractivity contribution >= 4 is 11.6 Å². The molecule has 3 rings (SSSR count). The molecule has 26 heavy (non-hydrogen) atoms. The molecule has 2 heterocycles. The fourth-order valence-electron chi connectivity index (χ4n) is 2.82. The number of guanidine groups is 1. The largest absolute Gasteiger partial charge is 0.496 e. The first kappa shape index (κ1) is 17.8. The van der Waals surface area contributed by atoms with E-state index in [1.54, 1.807) is 13.3 Å². The summed E-state index contributed by atoms with van der Waals surface area (Å²) < 4.78 is 16.7. The highest BCUT2D eigenvalue weighted by Crippen LogP contribution is 2.32. The van der Waals surface area contributed by atoms with E-state index in [2.05, 4.69) is 15.3 Å². The molecular formula is C19H24N4O3. The van der Waals surface area contributed by atoms with Gasteiger partial charge in [0.15, 0.2) is 17.5 Å². The van der Waals surface area contributed by atoms with E-state index >= 15 is 0 Å². The van der Waals surface area contributed by atoms with Gasteiger partial charge in [0.1, 0.15) is 5.75 Å². The van der Waals surface area contributed by atoms with Crippen LogP contribution >= 0.6 is 0 Å². The molecule has 1 aliphatic rings. The molecule has 1 aromatic carbocycles. The summed E-state index contributed by atoms with van der Waals surface area (Å²) in [5, 5.41) is 3.08. The molecule has 7 heteroatoms. The first-order valence-corrected chi connectivity index (χ1v) is 8.54. The minimum atomic E-state index is 0.306. The van der Waals surface area contributed by atoms with Crippen LogP contribution in [-0.4, -0.2) is 31.3 Å². The van der Waals surface area contributed by atoms with Crippen LogP contribution < -0.4 is 25.3 Å². The van der Waals surface area contributed by atoms with Crippen molar-refractivity contribution in [2.24, 2.45) is 10.7 Å². The highest BCUT2D eigenvalue weighted by atomic mass is 16.5. The Kier molecular flexibility index (Phi) is 5.46. The zero-order chi connectivity index (χ0) is 18.5. The van der Waals surface area contributed by atoms with Gasteiger partial charge in [0.25, 0.3) is 0 Å². The fourth-order valence-corrected chi connectivity index (χ4v) is 2.82. The molecule has 7 nitrogen and oxygen atoms in total. The van der Waals surface area contributed by atoms with Crippen molar-refractivity contribution < 1.29 is 14.2 Å². The summed E-state index contributed by atoms with van der Waals surface area (Å²) in [5.74, 6) is 2.59. The number of aryl methyl sites for hydroxylation is 1. The Hall–Kier alpha value is -2.96. The number of hydrogen-bond acceptors (Lipinski definition) is 5. The topological polar surface area (TPSA) is 91.0 Å². The molecule has 0 fully saturated rings. The van der Waals surface area contributed by atoms with Crippen molar-refractivity contribution in [1.82, 2.24) is 4.98 Å². The van der Waals surface area contributed by atoms with Crippen molar-refractivity contribution in [3.05, 3.63) is 41.2 Å². The zero-order valence-electron chi connectivity index (χ0n) is 15.3. The van der Waals surface area contributed by atoms with Crippen molar-refractivity contribution in [3.63, 3.8) is 0 Å². The van der Waals surface area contributed by atoms with Crippen LogP contribution in [0.3, 0.4) is 0 Å². The number of benzene rings is 1. The third-order valence-electron chi connectivity index (χ3n) is 4.17. The van der Waals surface area contributed by atoms with E-state index < -0.39 is 0 Å². The predicted molar refractivity (Wildman–Crippen MR) is 101 cm³/mol. The average molecular weight is 356 g/mol. The molecule has 3 N–H and O–H groups in total. The summed E-state index contributed by atoms with van der Waals surface area (Å²) in [5.41, 5.74) is 9.61. The molecule has 0 bridgehead atoms. The highest BCUT2D eigenvalue weighted by molar-refractivity contribution is 5.92. The average Bonchev–Trinajstić information content (AvgIpc) is 2.86. The lowest BCUT2D eigenvalue weighted by atomic mass is 10.1. The summed E-state index contributed by atoms with van der Waals surface area (Å²) >= 11 is 0. The molecule has 1 aliphatic heterocycles. The maximum absolute atomic E-state index is 6.02. The fraction of sp³-hybridized carbons (Fsp3) is 0.368. The Labute approximate surface area is 153 Å². The SMILES string of the molecule is COc1c(C)cnc(CN=C(N)Nc2ccc3c(c2)OCCCO3)c1C. The Morgan fingerprint density at radius 2 is 2.04 bits per heavy atom. The Balaban J connectivity index is 1.70. The number of pyridine rings is 1. The van der Waals surface area contributed by atoms with Crippen molar-refractivity contribution in [2.45, 2.75) is 26.8 Å². The molecule has 0 saturated carbocycles. The first-order chi connectivity index (χ1) is 12.6. The van der Waals surface area contributed by atoms with E-state index in [1.165, 1.54) is 0 Å². The molecule has 0 spiro atoms. The number of rotatable bonds is 4. The van der Waals surface area contributed by atoms with Crippen LogP contribution in [0.4, 0.5) is 5.69 Å². The summed E-state index contributed by atoms with van der Waals surface area (Å²) in [6, 6.07) is 5.61. The van der Waals surface area contributed by atoms with Gasteiger partial charge in [-0.1, -0.05) is 0 Å². The lowest BCUT2D eigenvalue weighted by molar-refractivity contribution is 0.297. The summed E-state index contributed by atoms with van der Waals surface area (Å²) in [6.07, 6.45) is 2.65. The monoisotopic (exact) mass is 356 g/mol. The summed E-state index contributed by atoms with van der Waals surface area (Å²) in [6.45, 7) is 5.60. The lowest BCUT2D eigenvalue weighted by Crippen LogP contribution is -2.22. The maximum Gasteiger partial charge on any atom is 0.193 e. The molecule has 138 valence electrons. The Bertz CT molecular complexity index is 821. The second-order valence-corrected chi connectivity index (χ2v) is 6.08. The van der Waals surface area contributed by atoms with Gasteiger partial charge >= 0.3 is 0 Å².